The monoisotopic (exact) mass is 496 g/mol. The lowest BCUT2D eigenvalue weighted by Crippen LogP contribution is -2.15. The first-order valence-electron chi connectivity index (χ1n) is 7.91. The van der Waals surface area contributed by atoms with Gasteiger partial charge < -0.3 is 14.2 Å². The molecule has 0 aliphatic rings. The van der Waals surface area contributed by atoms with Gasteiger partial charge in [-0.15, -0.1) is 0 Å². The van der Waals surface area contributed by atoms with Crippen LogP contribution in [-0.2, 0) is 25.7 Å². The highest BCUT2D eigenvalue weighted by Crippen LogP contribution is 2.35. The Labute approximate surface area is 174 Å². The second kappa shape index (κ2) is 9.71. The van der Waals surface area contributed by atoms with E-state index in [-0.39, 0.29) is 5.57 Å². The topological polar surface area (TPSA) is 61.8 Å². The molecule has 0 fully saturated rings. The summed E-state index contributed by atoms with van der Waals surface area (Å²) in [5.41, 5.74) is 2.44. The molecule has 0 bridgehead atoms. The number of methoxy groups -OCH3 is 2. The third kappa shape index (κ3) is 5.68. The molecule has 0 aliphatic carbocycles. The van der Waals surface area contributed by atoms with Crippen LogP contribution in [0.2, 0.25) is 0 Å². The number of carbonyl (C=O) groups excluding carboxylic acids is 2. The normalized spacial score (nSPS) is 10.1. The Hall–Kier alpha value is -2.12. The molecule has 0 saturated heterocycles. The van der Waals surface area contributed by atoms with Crippen molar-refractivity contribution in [3.05, 3.63) is 67.6 Å². The van der Waals surface area contributed by atoms with Gasteiger partial charge in [0, 0.05) is 10.0 Å². The van der Waals surface area contributed by atoms with E-state index in [0.29, 0.717) is 22.4 Å². The summed E-state index contributed by atoms with van der Waals surface area (Å²) in [5.74, 6) is -1.09. The van der Waals surface area contributed by atoms with Crippen molar-refractivity contribution in [2.75, 3.05) is 14.2 Å². The van der Waals surface area contributed by atoms with Gasteiger partial charge in [-0.2, -0.15) is 0 Å². The van der Waals surface area contributed by atoms with Gasteiger partial charge in [0.05, 0.1) is 18.7 Å². The quantitative estimate of drug-likeness (QED) is 0.247. The van der Waals surface area contributed by atoms with Crippen LogP contribution in [0.15, 0.2) is 50.9 Å². The molecule has 2 aromatic carbocycles. The molecule has 7 heteroatoms. The van der Waals surface area contributed by atoms with E-state index in [4.69, 9.17) is 4.74 Å². The van der Waals surface area contributed by atoms with Crippen molar-refractivity contribution in [1.29, 1.82) is 0 Å². The van der Waals surface area contributed by atoms with Crippen molar-refractivity contribution in [1.82, 2.24) is 0 Å². The van der Waals surface area contributed by atoms with Crippen molar-refractivity contribution >= 4 is 49.9 Å². The van der Waals surface area contributed by atoms with Crippen LogP contribution in [0.3, 0.4) is 0 Å². The Balaban J connectivity index is 2.42. The van der Waals surface area contributed by atoms with Gasteiger partial charge in [0.15, 0.2) is 0 Å². The maximum absolute atomic E-state index is 12.0. The number of ether oxygens (including phenoxy) is 3. The first-order chi connectivity index (χ1) is 12.8. The van der Waals surface area contributed by atoms with E-state index in [9.17, 15) is 9.59 Å². The third-order valence-corrected chi connectivity index (χ3v) is 4.70. The molecule has 0 atom stereocenters. The van der Waals surface area contributed by atoms with E-state index in [1.807, 2.05) is 37.3 Å². The van der Waals surface area contributed by atoms with E-state index in [1.165, 1.54) is 20.3 Å². The largest absolute Gasteiger partial charge is 0.487 e. The molecule has 0 aromatic heterocycles. The number of carbonyl (C=O) groups is 2. The van der Waals surface area contributed by atoms with Gasteiger partial charge in [-0.3, -0.25) is 0 Å². The Morgan fingerprint density at radius 2 is 1.59 bits per heavy atom. The molecule has 0 amide bonds. The van der Waals surface area contributed by atoms with Gasteiger partial charge in [0.2, 0.25) is 0 Å². The third-order valence-electron chi connectivity index (χ3n) is 3.65. The van der Waals surface area contributed by atoms with Gasteiger partial charge in [-0.05, 0) is 46.6 Å². The zero-order valence-corrected chi connectivity index (χ0v) is 18.2. The van der Waals surface area contributed by atoms with Crippen LogP contribution >= 0.6 is 31.9 Å². The van der Waals surface area contributed by atoms with E-state index < -0.39 is 11.9 Å². The lowest BCUT2D eigenvalue weighted by molar-refractivity contribution is -0.143. The lowest BCUT2D eigenvalue weighted by Gasteiger charge is -2.13. The Kier molecular flexibility index (Phi) is 7.62. The maximum atomic E-state index is 12.0. The summed E-state index contributed by atoms with van der Waals surface area (Å²) in [6.45, 7) is 2.34. The van der Waals surface area contributed by atoms with Gasteiger partial charge in [-0.1, -0.05) is 45.8 Å². The highest BCUT2D eigenvalue weighted by Gasteiger charge is 2.21. The summed E-state index contributed by atoms with van der Waals surface area (Å²) in [5, 5.41) is 0. The molecule has 0 N–H and O–H groups in total. The fraction of sp³-hybridized carbons (Fsp3) is 0.200. The van der Waals surface area contributed by atoms with Crippen LogP contribution < -0.4 is 4.74 Å². The summed E-state index contributed by atoms with van der Waals surface area (Å²) in [6, 6.07) is 11.5. The fourth-order valence-corrected chi connectivity index (χ4v) is 3.63. The van der Waals surface area contributed by atoms with Crippen molar-refractivity contribution in [2.45, 2.75) is 13.5 Å². The van der Waals surface area contributed by atoms with Gasteiger partial charge in [0.1, 0.15) is 17.9 Å². The van der Waals surface area contributed by atoms with E-state index in [2.05, 4.69) is 41.3 Å². The highest BCUT2D eigenvalue weighted by atomic mass is 79.9. The van der Waals surface area contributed by atoms with Crippen LogP contribution in [0.5, 0.6) is 5.75 Å². The number of esters is 2. The molecular formula is C20H18Br2O5. The smallest absolute Gasteiger partial charge is 0.345 e. The molecule has 5 nitrogen and oxygen atoms in total. The minimum atomic E-state index is -0.789. The van der Waals surface area contributed by atoms with Crippen molar-refractivity contribution < 1.29 is 23.8 Å². The zero-order valence-electron chi connectivity index (χ0n) is 15.0. The molecule has 0 radical (unpaired) electrons. The maximum Gasteiger partial charge on any atom is 0.345 e. The second-order valence-electron chi connectivity index (χ2n) is 5.62. The van der Waals surface area contributed by atoms with Crippen LogP contribution in [0.1, 0.15) is 16.7 Å². The van der Waals surface area contributed by atoms with E-state index in [0.717, 1.165) is 15.6 Å². The second-order valence-corrected chi connectivity index (χ2v) is 7.39. The standard InChI is InChI=1S/C20H18Br2O5/c1-12-4-6-13(7-5-12)11-27-18-14(8-15(21)10-17(18)22)9-16(19(23)25-2)20(24)26-3/h4-10H,11H2,1-3H3. The minimum absolute atomic E-state index is 0.231. The molecule has 142 valence electrons. The summed E-state index contributed by atoms with van der Waals surface area (Å²) in [7, 11) is 2.40. The molecule has 27 heavy (non-hydrogen) atoms. The first kappa shape index (κ1) is 21.2. The average Bonchev–Trinajstić information content (AvgIpc) is 2.65. The predicted octanol–water partition coefficient (Wildman–Crippen LogP) is 4.83. The van der Waals surface area contributed by atoms with Crippen LogP contribution in [0, 0.1) is 6.92 Å². The van der Waals surface area contributed by atoms with E-state index >= 15 is 0 Å². The Bertz CT molecular complexity index is 855. The van der Waals surface area contributed by atoms with Gasteiger partial charge in [-0.25, -0.2) is 9.59 Å². The van der Waals surface area contributed by atoms with Gasteiger partial charge >= 0.3 is 11.9 Å². The summed E-state index contributed by atoms with van der Waals surface area (Å²) < 4.78 is 16.7. The van der Waals surface area contributed by atoms with Crippen molar-refractivity contribution in [3.63, 3.8) is 0 Å². The minimum Gasteiger partial charge on any atom is -0.487 e. The molecule has 0 spiro atoms. The SMILES string of the molecule is COC(=O)C(=Cc1cc(Br)cc(Br)c1OCc1ccc(C)cc1)C(=O)OC. The Morgan fingerprint density at radius 3 is 2.15 bits per heavy atom. The number of hydrogen-bond donors (Lipinski definition) is 0. The average molecular weight is 498 g/mol. The molecule has 0 aliphatic heterocycles. The lowest BCUT2D eigenvalue weighted by atomic mass is 10.1. The molecule has 2 aromatic rings. The van der Waals surface area contributed by atoms with Crippen LogP contribution in [0.4, 0.5) is 0 Å². The molecule has 2 rings (SSSR count). The van der Waals surface area contributed by atoms with Crippen LogP contribution in [0.25, 0.3) is 6.08 Å². The predicted molar refractivity (Wildman–Crippen MR) is 109 cm³/mol. The van der Waals surface area contributed by atoms with Crippen molar-refractivity contribution in [3.8, 4) is 5.75 Å². The molecule has 0 saturated carbocycles. The first-order valence-corrected chi connectivity index (χ1v) is 9.50. The number of hydrogen-bond acceptors (Lipinski definition) is 5. The van der Waals surface area contributed by atoms with Gasteiger partial charge in [0.25, 0.3) is 0 Å². The molecule has 0 heterocycles. The molecule has 0 unspecified atom stereocenters. The summed E-state index contributed by atoms with van der Waals surface area (Å²) in [4.78, 5) is 23.9. The fourth-order valence-electron chi connectivity index (χ4n) is 2.26. The number of rotatable bonds is 6. The van der Waals surface area contributed by atoms with Crippen LogP contribution in [-0.4, -0.2) is 26.2 Å². The Morgan fingerprint density at radius 1 is 1.00 bits per heavy atom. The molecular weight excluding hydrogens is 480 g/mol. The van der Waals surface area contributed by atoms with Crippen molar-refractivity contribution in [2.24, 2.45) is 0 Å². The number of aryl methyl sites for hydroxylation is 1. The summed E-state index contributed by atoms with van der Waals surface area (Å²) in [6.07, 6.45) is 1.39. The zero-order chi connectivity index (χ0) is 20.0. The summed E-state index contributed by atoms with van der Waals surface area (Å²) >= 11 is 6.87. The number of halogens is 2. The highest BCUT2D eigenvalue weighted by molar-refractivity contribution is 9.11. The number of benzene rings is 2. The van der Waals surface area contributed by atoms with E-state index in [1.54, 1.807) is 6.07 Å².